The summed E-state index contributed by atoms with van der Waals surface area (Å²) in [5.41, 5.74) is 2.81. The van der Waals surface area contributed by atoms with E-state index in [-0.39, 0.29) is 11.6 Å². The largest absolute Gasteiger partial charge is 0.320 e. The van der Waals surface area contributed by atoms with Crippen LogP contribution in [-0.4, -0.2) is 19.0 Å². The monoisotopic (exact) mass is 234 g/mol. The fourth-order valence-electron chi connectivity index (χ4n) is 1.61. The predicted octanol–water partition coefficient (Wildman–Crippen LogP) is 1.99. The first-order valence-corrected chi connectivity index (χ1v) is 5.55. The van der Waals surface area contributed by atoms with Crippen molar-refractivity contribution in [1.82, 2.24) is 5.32 Å². The molecule has 0 atom stereocenters. The SMILES string of the molecule is CC(C(=O)Nc1ccc(C)cc1F)=C1CNC1. The Kier molecular flexibility index (Phi) is 3.24. The maximum atomic E-state index is 13.5. The van der Waals surface area contributed by atoms with Crippen LogP contribution in [0, 0.1) is 12.7 Å². The zero-order chi connectivity index (χ0) is 12.4. The molecule has 2 N–H and O–H groups in total. The molecule has 1 amide bonds. The second-order valence-electron chi connectivity index (χ2n) is 4.27. The molecular weight excluding hydrogens is 219 g/mol. The molecule has 17 heavy (non-hydrogen) atoms. The minimum Gasteiger partial charge on any atom is -0.320 e. The zero-order valence-electron chi connectivity index (χ0n) is 9.93. The molecule has 0 unspecified atom stereocenters. The van der Waals surface area contributed by atoms with Crippen molar-refractivity contribution in [3.05, 3.63) is 40.7 Å². The Labute approximate surface area is 99.7 Å². The van der Waals surface area contributed by atoms with Gasteiger partial charge >= 0.3 is 0 Å². The number of benzene rings is 1. The minimum absolute atomic E-state index is 0.229. The fourth-order valence-corrected chi connectivity index (χ4v) is 1.61. The van der Waals surface area contributed by atoms with Crippen molar-refractivity contribution in [2.24, 2.45) is 0 Å². The summed E-state index contributed by atoms with van der Waals surface area (Å²) in [6.07, 6.45) is 0. The van der Waals surface area contributed by atoms with Crippen LogP contribution in [0.1, 0.15) is 12.5 Å². The lowest BCUT2D eigenvalue weighted by Gasteiger charge is -2.21. The summed E-state index contributed by atoms with van der Waals surface area (Å²) in [6, 6.07) is 4.76. The Morgan fingerprint density at radius 1 is 1.41 bits per heavy atom. The normalized spacial score (nSPS) is 14.2. The van der Waals surface area contributed by atoms with Gasteiger partial charge in [-0.05, 0) is 37.1 Å². The van der Waals surface area contributed by atoms with Gasteiger partial charge in [0.2, 0.25) is 0 Å². The third-order valence-electron chi connectivity index (χ3n) is 2.92. The van der Waals surface area contributed by atoms with Crippen molar-refractivity contribution < 1.29 is 9.18 Å². The molecule has 1 aliphatic heterocycles. The van der Waals surface area contributed by atoms with Gasteiger partial charge in [-0.2, -0.15) is 0 Å². The van der Waals surface area contributed by atoms with Crippen molar-refractivity contribution in [2.45, 2.75) is 13.8 Å². The number of carbonyl (C=O) groups is 1. The fraction of sp³-hybridized carbons (Fsp3) is 0.308. The minimum atomic E-state index is -0.400. The van der Waals surface area contributed by atoms with Crippen LogP contribution in [0.4, 0.5) is 10.1 Å². The molecule has 0 aromatic heterocycles. The summed E-state index contributed by atoms with van der Waals surface area (Å²) < 4.78 is 13.5. The lowest BCUT2D eigenvalue weighted by molar-refractivity contribution is -0.112. The van der Waals surface area contributed by atoms with Crippen LogP contribution < -0.4 is 10.6 Å². The topological polar surface area (TPSA) is 41.1 Å². The van der Waals surface area contributed by atoms with Crippen LogP contribution in [0.3, 0.4) is 0 Å². The van der Waals surface area contributed by atoms with Crippen LogP contribution in [0.15, 0.2) is 29.3 Å². The molecule has 0 spiro atoms. The summed E-state index contributed by atoms with van der Waals surface area (Å²) in [6.45, 7) is 5.06. The molecule has 1 aromatic carbocycles. The molecule has 0 bridgehead atoms. The average Bonchev–Trinajstić information content (AvgIpc) is 2.19. The van der Waals surface area contributed by atoms with Crippen molar-refractivity contribution in [1.29, 1.82) is 0 Å². The highest BCUT2D eigenvalue weighted by molar-refractivity contribution is 6.04. The molecule has 1 heterocycles. The number of carbonyl (C=O) groups excluding carboxylic acids is 1. The van der Waals surface area contributed by atoms with E-state index in [2.05, 4.69) is 10.6 Å². The third kappa shape index (κ3) is 2.53. The maximum absolute atomic E-state index is 13.5. The number of nitrogens with one attached hydrogen (secondary N) is 2. The molecule has 1 aromatic rings. The van der Waals surface area contributed by atoms with Crippen LogP contribution in [0.25, 0.3) is 0 Å². The summed E-state index contributed by atoms with van der Waals surface area (Å²) in [5, 5.41) is 5.65. The van der Waals surface area contributed by atoms with Crippen LogP contribution >= 0.6 is 0 Å². The summed E-state index contributed by atoms with van der Waals surface area (Å²) >= 11 is 0. The van der Waals surface area contributed by atoms with Gasteiger partial charge in [0.05, 0.1) is 5.69 Å². The average molecular weight is 234 g/mol. The second kappa shape index (κ2) is 4.67. The van der Waals surface area contributed by atoms with E-state index >= 15 is 0 Å². The lowest BCUT2D eigenvalue weighted by Crippen LogP contribution is -2.36. The Morgan fingerprint density at radius 3 is 2.65 bits per heavy atom. The Morgan fingerprint density at radius 2 is 2.12 bits per heavy atom. The van der Waals surface area contributed by atoms with Crippen molar-refractivity contribution in [3.63, 3.8) is 0 Å². The van der Waals surface area contributed by atoms with E-state index in [4.69, 9.17) is 0 Å². The second-order valence-corrected chi connectivity index (χ2v) is 4.27. The van der Waals surface area contributed by atoms with E-state index in [9.17, 15) is 9.18 Å². The van der Waals surface area contributed by atoms with E-state index in [1.807, 2.05) is 6.92 Å². The quantitative estimate of drug-likeness (QED) is 0.768. The molecule has 4 heteroatoms. The van der Waals surface area contributed by atoms with E-state index in [1.165, 1.54) is 6.07 Å². The van der Waals surface area contributed by atoms with Gasteiger partial charge in [0.25, 0.3) is 5.91 Å². The molecule has 3 nitrogen and oxygen atoms in total. The van der Waals surface area contributed by atoms with Crippen LogP contribution in [0.2, 0.25) is 0 Å². The maximum Gasteiger partial charge on any atom is 0.251 e. The van der Waals surface area contributed by atoms with Gasteiger partial charge < -0.3 is 10.6 Å². The first-order chi connectivity index (χ1) is 8.08. The molecule has 2 rings (SSSR count). The number of hydrogen-bond acceptors (Lipinski definition) is 2. The van der Waals surface area contributed by atoms with E-state index in [0.29, 0.717) is 5.57 Å². The first kappa shape index (κ1) is 11.8. The van der Waals surface area contributed by atoms with E-state index < -0.39 is 5.82 Å². The number of aryl methyl sites for hydroxylation is 1. The number of rotatable bonds is 2. The Balaban J connectivity index is 2.13. The predicted molar refractivity (Wildman–Crippen MR) is 65.3 cm³/mol. The summed E-state index contributed by atoms with van der Waals surface area (Å²) in [7, 11) is 0. The van der Waals surface area contributed by atoms with Gasteiger partial charge in [0, 0.05) is 18.7 Å². The lowest BCUT2D eigenvalue weighted by atomic mass is 10.0. The van der Waals surface area contributed by atoms with E-state index in [0.717, 1.165) is 24.2 Å². The number of anilines is 1. The van der Waals surface area contributed by atoms with Gasteiger partial charge in [-0.1, -0.05) is 6.07 Å². The van der Waals surface area contributed by atoms with Crippen molar-refractivity contribution >= 4 is 11.6 Å². The number of hydrogen-bond donors (Lipinski definition) is 2. The Bertz CT molecular complexity index is 488. The third-order valence-corrected chi connectivity index (χ3v) is 2.92. The first-order valence-electron chi connectivity index (χ1n) is 5.55. The number of amides is 1. The van der Waals surface area contributed by atoms with E-state index in [1.54, 1.807) is 19.1 Å². The van der Waals surface area contributed by atoms with Crippen LogP contribution in [-0.2, 0) is 4.79 Å². The molecule has 1 fully saturated rings. The molecule has 1 aliphatic rings. The Hall–Kier alpha value is -1.68. The summed E-state index contributed by atoms with van der Waals surface area (Å²) in [5.74, 6) is -0.632. The number of halogens is 1. The molecule has 90 valence electrons. The highest BCUT2D eigenvalue weighted by Gasteiger charge is 2.16. The highest BCUT2D eigenvalue weighted by Crippen LogP contribution is 2.17. The van der Waals surface area contributed by atoms with Gasteiger partial charge in [-0.15, -0.1) is 0 Å². The highest BCUT2D eigenvalue weighted by atomic mass is 19.1. The van der Waals surface area contributed by atoms with Crippen molar-refractivity contribution in [2.75, 3.05) is 18.4 Å². The molecule has 0 radical (unpaired) electrons. The van der Waals surface area contributed by atoms with Gasteiger partial charge in [0.15, 0.2) is 0 Å². The van der Waals surface area contributed by atoms with Crippen LogP contribution in [0.5, 0.6) is 0 Å². The van der Waals surface area contributed by atoms with Gasteiger partial charge in [-0.25, -0.2) is 4.39 Å². The molecule has 0 saturated carbocycles. The van der Waals surface area contributed by atoms with Gasteiger partial charge in [0.1, 0.15) is 5.82 Å². The zero-order valence-corrected chi connectivity index (χ0v) is 9.93. The molecule has 0 aliphatic carbocycles. The standard InChI is InChI=1S/C13H15FN2O/c1-8-3-4-12(11(14)5-8)16-13(17)9(2)10-6-15-7-10/h3-5,15H,6-7H2,1-2H3,(H,16,17). The van der Waals surface area contributed by atoms with Gasteiger partial charge in [-0.3, -0.25) is 4.79 Å². The molecule has 1 saturated heterocycles. The smallest absolute Gasteiger partial charge is 0.251 e. The van der Waals surface area contributed by atoms with Crippen molar-refractivity contribution in [3.8, 4) is 0 Å². The molecular formula is C13H15FN2O. The summed E-state index contributed by atoms with van der Waals surface area (Å²) in [4.78, 5) is 11.8.